The molecule has 3 rings (SSSR count). The van der Waals surface area contributed by atoms with Crippen molar-refractivity contribution in [3.05, 3.63) is 54.1 Å². The molecular weight excluding hydrogens is 401 g/mol. The lowest BCUT2D eigenvalue weighted by Gasteiger charge is -2.29. The molecule has 0 spiro atoms. The van der Waals surface area contributed by atoms with Gasteiger partial charge in [0.1, 0.15) is 17.8 Å². The number of urea groups is 1. The average molecular weight is 422 g/mol. The second kappa shape index (κ2) is 9.51. The van der Waals surface area contributed by atoms with Crippen LogP contribution in [0.3, 0.4) is 0 Å². The van der Waals surface area contributed by atoms with Gasteiger partial charge in [0, 0.05) is 17.3 Å². The number of carbonyl (C=O) groups is 2. The predicted molar refractivity (Wildman–Crippen MR) is 104 cm³/mol. The Balaban J connectivity index is 1.41. The molecule has 30 heavy (non-hydrogen) atoms. The summed E-state index contributed by atoms with van der Waals surface area (Å²) in [7, 11) is 0. The molecule has 0 unspecified atom stereocenters. The number of hydrogen-bond acceptors (Lipinski definition) is 4. The third-order valence-electron chi connectivity index (χ3n) is 4.67. The van der Waals surface area contributed by atoms with Crippen LogP contribution >= 0.6 is 0 Å². The molecule has 2 aromatic rings. The fourth-order valence-corrected chi connectivity index (χ4v) is 3.23. The van der Waals surface area contributed by atoms with E-state index in [9.17, 15) is 22.8 Å². The van der Waals surface area contributed by atoms with Crippen molar-refractivity contribution in [1.82, 2.24) is 5.32 Å². The molecule has 0 heterocycles. The molecule has 0 bridgehead atoms. The first-order valence-corrected chi connectivity index (χ1v) is 9.46. The predicted octanol–water partition coefficient (Wildman–Crippen LogP) is 4.91. The molecular formula is C21H21F3N2O4. The fraction of sp³-hybridized carbons (Fsp3) is 0.333. The highest BCUT2D eigenvalue weighted by Crippen LogP contribution is 2.25. The Morgan fingerprint density at radius 2 is 1.53 bits per heavy atom. The normalized spacial score (nSPS) is 18.9. The number of anilines is 1. The summed E-state index contributed by atoms with van der Waals surface area (Å²) < 4.78 is 46.2. The van der Waals surface area contributed by atoms with Crippen LogP contribution in [0.15, 0.2) is 48.5 Å². The number of ether oxygens (including phenoxy) is 2. The van der Waals surface area contributed by atoms with E-state index < -0.39 is 12.4 Å². The van der Waals surface area contributed by atoms with Gasteiger partial charge in [0.15, 0.2) is 0 Å². The quantitative estimate of drug-likeness (QED) is 0.649. The van der Waals surface area contributed by atoms with E-state index in [2.05, 4.69) is 15.4 Å². The largest absolute Gasteiger partial charge is 0.573 e. The lowest BCUT2D eigenvalue weighted by atomic mass is 9.93. The lowest BCUT2D eigenvalue weighted by molar-refractivity contribution is -0.274. The summed E-state index contributed by atoms with van der Waals surface area (Å²) in [6, 6.07) is 11.4. The van der Waals surface area contributed by atoms with Crippen molar-refractivity contribution in [2.75, 3.05) is 5.32 Å². The van der Waals surface area contributed by atoms with Crippen molar-refractivity contribution >= 4 is 18.0 Å². The van der Waals surface area contributed by atoms with Gasteiger partial charge < -0.3 is 20.1 Å². The van der Waals surface area contributed by atoms with Crippen molar-refractivity contribution in [2.24, 2.45) is 0 Å². The molecule has 2 aromatic carbocycles. The Labute approximate surface area is 171 Å². The topological polar surface area (TPSA) is 76.7 Å². The first kappa shape index (κ1) is 21.5. The van der Waals surface area contributed by atoms with E-state index >= 15 is 0 Å². The van der Waals surface area contributed by atoms with Gasteiger partial charge in [-0.3, -0.25) is 4.79 Å². The van der Waals surface area contributed by atoms with E-state index in [4.69, 9.17) is 4.74 Å². The molecule has 1 aliphatic rings. The molecule has 2 N–H and O–H groups in total. The number of benzene rings is 2. The van der Waals surface area contributed by atoms with Crippen LogP contribution < -0.4 is 20.1 Å². The van der Waals surface area contributed by atoms with Crippen molar-refractivity contribution in [1.29, 1.82) is 0 Å². The van der Waals surface area contributed by atoms with Crippen LogP contribution in [-0.4, -0.2) is 30.8 Å². The van der Waals surface area contributed by atoms with Crippen molar-refractivity contribution in [3.63, 3.8) is 0 Å². The summed E-state index contributed by atoms with van der Waals surface area (Å²) in [5, 5.41) is 5.46. The number of halogens is 3. The van der Waals surface area contributed by atoms with E-state index in [1.807, 2.05) is 0 Å². The number of rotatable bonds is 6. The first-order chi connectivity index (χ1) is 14.3. The van der Waals surface area contributed by atoms with Gasteiger partial charge in [0.2, 0.25) is 0 Å². The maximum atomic E-state index is 12.2. The molecule has 6 nitrogen and oxygen atoms in total. The van der Waals surface area contributed by atoms with Crippen LogP contribution in [-0.2, 0) is 0 Å². The zero-order valence-electron chi connectivity index (χ0n) is 15.9. The van der Waals surface area contributed by atoms with Crippen LogP contribution in [0.5, 0.6) is 11.5 Å². The van der Waals surface area contributed by atoms with Gasteiger partial charge in [-0.05, 0) is 74.2 Å². The number of alkyl halides is 3. The zero-order valence-corrected chi connectivity index (χ0v) is 15.9. The molecule has 1 aliphatic carbocycles. The third kappa shape index (κ3) is 6.68. The average Bonchev–Trinajstić information content (AvgIpc) is 2.70. The molecule has 0 atom stereocenters. The summed E-state index contributed by atoms with van der Waals surface area (Å²) in [6.45, 7) is 0. The third-order valence-corrected chi connectivity index (χ3v) is 4.67. The van der Waals surface area contributed by atoms with E-state index in [1.54, 1.807) is 24.3 Å². The van der Waals surface area contributed by atoms with Crippen molar-refractivity contribution in [2.45, 2.75) is 44.2 Å². The van der Waals surface area contributed by atoms with Gasteiger partial charge in [-0.15, -0.1) is 13.2 Å². The van der Waals surface area contributed by atoms with Gasteiger partial charge in [-0.2, -0.15) is 0 Å². The highest BCUT2D eigenvalue weighted by molar-refractivity contribution is 5.89. The Morgan fingerprint density at radius 3 is 2.10 bits per heavy atom. The molecule has 0 radical (unpaired) electrons. The van der Waals surface area contributed by atoms with Crippen LogP contribution in [0.1, 0.15) is 36.0 Å². The monoisotopic (exact) mass is 422 g/mol. The van der Waals surface area contributed by atoms with Crippen molar-refractivity contribution < 1.29 is 32.2 Å². The van der Waals surface area contributed by atoms with Gasteiger partial charge in [0.25, 0.3) is 0 Å². The highest BCUT2D eigenvalue weighted by Gasteiger charge is 2.31. The van der Waals surface area contributed by atoms with Crippen LogP contribution in [0.2, 0.25) is 0 Å². The summed E-state index contributed by atoms with van der Waals surface area (Å²) in [5.41, 5.74) is 0.946. The molecule has 9 heteroatoms. The number of carbonyl (C=O) groups excluding carboxylic acids is 2. The van der Waals surface area contributed by atoms with Gasteiger partial charge in [-0.25, -0.2) is 4.79 Å². The molecule has 1 saturated carbocycles. The van der Waals surface area contributed by atoms with Gasteiger partial charge in [-0.1, -0.05) is 0 Å². The summed E-state index contributed by atoms with van der Waals surface area (Å²) in [4.78, 5) is 22.8. The minimum Gasteiger partial charge on any atom is -0.490 e. The highest BCUT2D eigenvalue weighted by atomic mass is 19.4. The first-order valence-electron chi connectivity index (χ1n) is 9.46. The maximum Gasteiger partial charge on any atom is 0.573 e. The molecule has 2 amide bonds. The second-order valence-corrected chi connectivity index (χ2v) is 6.95. The lowest BCUT2D eigenvalue weighted by Crippen LogP contribution is -2.41. The maximum absolute atomic E-state index is 12.2. The van der Waals surface area contributed by atoms with Gasteiger partial charge >= 0.3 is 12.4 Å². The number of nitrogens with one attached hydrogen (secondary N) is 2. The van der Waals surface area contributed by atoms with E-state index in [0.717, 1.165) is 44.1 Å². The van der Waals surface area contributed by atoms with E-state index in [-0.39, 0.29) is 17.9 Å². The Bertz CT molecular complexity index is 846. The molecule has 0 aromatic heterocycles. The standard InChI is InChI=1S/C21H21F3N2O4/c22-21(23,24)30-19-11-5-16(6-12-19)26-20(28)25-15-3-9-18(10-4-15)29-17-7-1-14(13-27)2-8-17/h1-2,5-8,11-13,15,18H,3-4,9-10H2,(H2,25,26,28)/t15-,18-. The smallest absolute Gasteiger partial charge is 0.490 e. The van der Waals surface area contributed by atoms with E-state index in [1.165, 1.54) is 12.1 Å². The van der Waals surface area contributed by atoms with Crippen LogP contribution in [0.25, 0.3) is 0 Å². The Morgan fingerprint density at radius 1 is 0.933 bits per heavy atom. The summed E-state index contributed by atoms with van der Waals surface area (Å²) in [6.07, 6.45) is -0.932. The van der Waals surface area contributed by atoms with Crippen LogP contribution in [0, 0.1) is 0 Å². The number of aldehydes is 1. The minimum absolute atomic E-state index is 0.0184. The Kier molecular flexibility index (Phi) is 6.81. The number of amides is 2. The van der Waals surface area contributed by atoms with E-state index in [0.29, 0.717) is 17.0 Å². The zero-order chi connectivity index (χ0) is 21.6. The minimum atomic E-state index is -4.76. The van der Waals surface area contributed by atoms with Gasteiger partial charge in [0.05, 0.1) is 6.10 Å². The second-order valence-electron chi connectivity index (χ2n) is 6.95. The van der Waals surface area contributed by atoms with Crippen molar-refractivity contribution in [3.8, 4) is 11.5 Å². The molecule has 0 saturated heterocycles. The SMILES string of the molecule is O=Cc1ccc(O[C@H]2CC[C@H](NC(=O)Nc3ccc(OC(F)(F)F)cc3)CC2)cc1. The number of hydrogen-bond donors (Lipinski definition) is 2. The molecule has 1 fully saturated rings. The molecule has 0 aliphatic heterocycles. The summed E-state index contributed by atoms with van der Waals surface area (Å²) >= 11 is 0. The fourth-order valence-electron chi connectivity index (χ4n) is 3.23. The Hall–Kier alpha value is -3.23. The summed E-state index contributed by atoms with van der Waals surface area (Å²) in [5.74, 6) is 0.347. The molecule has 160 valence electrons. The van der Waals surface area contributed by atoms with Crippen LogP contribution in [0.4, 0.5) is 23.7 Å².